The molecular formula is C14H17F3N2O2. The van der Waals surface area contributed by atoms with Gasteiger partial charge in [-0.25, -0.2) is 4.79 Å². The normalized spacial score (nSPS) is 19.5. The number of benzene rings is 1. The van der Waals surface area contributed by atoms with Crippen molar-refractivity contribution in [3.63, 3.8) is 0 Å². The lowest BCUT2D eigenvalue weighted by atomic mass is 10.1. The molecule has 0 spiro atoms. The molecule has 1 atom stereocenters. The van der Waals surface area contributed by atoms with Crippen LogP contribution in [0.15, 0.2) is 18.2 Å². The molecule has 0 saturated carbocycles. The second-order valence-electron chi connectivity index (χ2n) is 5.26. The average Bonchev–Trinajstić information content (AvgIpc) is 2.37. The maximum Gasteiger partial charge on any atom is 0.416 e. The summed E-state index contributed by atoms with van der Waals surface area (Å²) < 4.78 is 38.2. The van der Waals surface area contributed by atoms with Gasteiger partial charge in [0, 0.05) is 18.8 Å². The lowest BCUT2D eigenvalue weighted by Gasteiger charge is -2.30. The molecule has 116 valence electrons. The van der Waals surface area contributed by atoms with E-state index in [0.717, 1.165) is 12.1 Å². The van der Waals surface area contributed by atoms with E-state index in [0.29, 0.717) is 24.9 Å². The molecule has 4 nitrogen and oxygen atoms in total. The van der Waals surface area contributed by atoms with Crippen molar-refractivity contribution in [1.29, 1.82) is 0 Å². The third-order valence-electron chi connectivity index (χ3n) is 3.34. The number of nitrogens with zero attached hydrogens (tertiary/aromatic N) is 1. The number of carbonyl (C=O) groups excluding carboxylic acids is 1. The minimum absolute atomic E-state index is 0.104. The Hall–Kier alpha value is -1.76. The second-order valence-corrected chi connectivity index (χ2v) is 5.26. The number of β-amino-alcohol motifs (C(OH)–C–C–N with tert-alkyl or cyclic N) is 1. The molecule has 21 heavy (non-hydrogen) atoms. The standard InChI is InChI=1S/C14H17F3N2O2/c1-9-5-10(14(15,16)17)7-11(6-9)18-13(21)19-4-2-3-12(20)8-19/h5-7,12,20H,2-4,8H2,1H3,(H,18,21)/t12-/m1/s1. The number of aliphatic hydroxyl groups is 1. The van der Waals surface area contributed by atoms with Crippen molar-refractivity contribution in [2.45, 2.75) is 32.0 Å². The van der Waals surface area contributed by atoms with Crippen molar-refractivity contribution in [2.24, 2.45) is 0 Å². The molecule has 2 amide bonds. The first kappa shape index (κ1) is 15.6. The molecule has 0 aliphatic carbocycles. The van der Waals surface area contributed by atoms with Crippen molar-refractivity contribution >= 4 is 11.7 Å². The van der Waals surface area contributed by atoms with Gasteiger partial charge in [0.1, 0.15) is 0 Å². The number of halogens is 3. The number of urea groups is 1. The van der Waals surface area contributed by atoms with Gasteiger partial charge >= 0.3 is 12.2 Å². The molecule has 1 fully saturated rings. The molecule has 0 radical (unpaired) electrons. The molecule has 1 aliphatic rings. The van der Waals surface area contributed by atoms with Crippen molar-refractivity contribution < 1.29 is 23.1 Å². The van der Waals surface area contributed by atoms with Crippen LogP contribution in [-0.4, -0.2) is 35.2 Å². The Morgan fingerprint density at radius 1 is 1.38 bits per heavy atom. The Labute approximate surface area is 120 Å². The smallest absolute Gasteiger partial charge is 0.391 e. The summed E-state index contributed by atoms with van der Waals surface area (Å²) >= 11 is 0. The first-order chi connectivity index (χ1) is 9.75. The maximum absolute atomic E-state index is 12.7. The fourth-order valence-electron chi connectivity index (χ4n) is 2.36. The quantitative estimate of drug-likeness (QED) is 0.838. The summed E-state index contributed by atoms with van der Waals surface area (Å²) in [4.78, 5) is 13.4. The van der Waals surface area contributed by atoms with Crippen LogP contribution in [0.25, 0.3) is 0 Å². The molecule has 7 heteroatoms. The second kappa shape index (κ2) is 5.93. The van der Waals surface area contributed by atoms with Gasteiger partial charge in [-0.1, -0.05) is 0 Å². The number of likely N-dealkylation sites (tertiary alicyclic amines) is 1. The van der Waals surface area contributed by atoms with E-state index >= 15 is 0 Å². The fraction of sp³-hybridized carbons (Fsp3) is 0.500. The number of amides is 2. The van der Waals surface area contributed by atoms with Gasteiger partial charge in [-0.2, -0.15) is 13.2 Å². The van der Waals surface area contributed by atoms with Crippen LogP contribution in [-0.2, 0) is 6.18 Å². The Balaban J connectivity index is 2.12. The molecule has 2 rings (SSSR count). The van der Waals surface area contributed by atoms with Crippen LogP contribution in [0.2, 0.25) is 0 Å². The van der Waals surface area contributed by atoms with Crippen LogP contribution in [0.4, 0.5) is 23.7 Å². The maximum atomic E-state index is 12.7. The zero-order valence-electron chi connectivity index (χ0n) is 11.6. The molecule has 1 aliphatic heterocycles. The number of nitrogens with one attached hydrogen (secondary N) is 1. The highest BCUT2D eigenvalue weighted by molar-refractivity contribution is 5.89. The van der Waals surface area contributed by atoms with Gasteiger partial charge in [-0.05, 0) is 43.5 Å². The number of anilines is 1. The highest BCUT2D eigenvalue weighted by Crippen LogP contribution is 2.32. The summed E-state index contributed by atoms with van der Waals surface area (Å²) in [5.41, 5.74) is -0.275. The zero-order valence-corrected chi connectivity index (χ0v) is 11.6. The average molecular weight is 302 g/mol. The van der Waals surface area contributed by atoms with Crippen LogP contribution >= 0.6 is 0 Å². The number of carbonyl (C=O) groups is 1. The van der Waals surface area contributed by atoms with E-state index < -0.39 is 23.9 Å². The van der Waals surface area contributed by atoms with Gasteiger partial charge in [0.15, 0.2) is 0 Å². The topological polar surface area (TPSA) is 52.6 Å². The first-order valence-corrected chi connectivity index (χ1v) is 6.68. The van der Waals surface area contributed by atoms with Gasteiger partial charge in [0.2, 0.25) is 0 Å². The third-order valence-corrected chi connectivity index (χ3v) is 3.34. The van der Waals surface area contributed by atoms with Crippen LogP contribution in [0.1, 0.15) is 24.0 Å². The summed E-state index contributed by atoms with van der Waals surface area (Å²) in [6.07, 6.45) is -3.72. The van der Waals surface area contributed by atoms with Gasteiger partial charge in [0.25, 0.3) is 0 Å². The number of aryl methyl sites for hydroxylation is 1. The monoisotopic (exact) mass is 302 g/mol. The Kier molecular flexibility index (Phi) is 4.41. The summed E-state index contributed by atoms with van der Waals surface area (Å²) in [5, 5.41) is 12.0. The lowest BCUT2D eigenvalue weighted by Crippen LogP contribution is -2.44. The van der Waals surface area contributed by atoms with Gasteiger partial charge in [-0.3, -0.25) is 0 Å². The summed E-state index contributed by atoms with van der Waals surface area (Å²) in [7, 11) is 0. The van der Waals surface area contributed by atoms with Crippen molar-refractivity contribution in [3.8, 4) is 0 Å². The van der Waals surface area contributed by atoms with Gasteiger partial charge < -0.3 is 15.3 Å². The van der Waals surface area contributed by atoms with E-state index in [1.54, 1.807) is 0 Å². The highest BCUT2D eigenvalue weighted by Gasteiger charge is 2.31. The molecule has 0 bridgehead atoms. The Morgan fingerprint density at radius 2 is 2.10 bits per heavy atom. The molecule has 1 saturated heterocycles. The Bertz CT molecular complexity index is 531. The minimum atomic E-state index is -4.45. The number of rotatable bonds is 1. The number of piperidine rings is 1. The predicted octanol–water partition coefficient (Wildman–Crippen LogP) is 3.00. The van der Waals surface area contributed by atoms with Crippen molar-refractivity contribution in [2.75, 3.05) is 18.4 Å². The minimum Gasteiger partial charge on any atom is -0.391 e. The summed E-state index contributed by atoms with van der Waals surface area (Å²) in [6.45, 7) is 2.22. The van der Waals surface area contributed by atoms with Crippen LogP contribution in [0.5, 0.6) is 0 Å². The van der Waals surface area contributed by atoms with E-state index in [4.69, 9.17) is 0 Å². The van der Waals surface area contributed by atoms with Gasteiger partial charge in [-0.15, -0.1) is 0 Å². The molecule has 0 unspecified atom stereocenters. The molecule has 2 N–H and O–H groups in total. The predicted molar refractivity (Wildman–Crippen MR) is 72.0 cm³/mol. The largest absolute Gasteiger partial charge is 0.416 e. The molecular weight excluding hydrogens is 285 g/mol. The molecule has 1 aromatic carbocycles. The first-order valence-electron chi connectivity index (χ1n) is 6.68. The Morgan fingerprint density at radius 3 is 2.71 bits per heavy atom. The van der Waals surface area contributed by atoms with Gasteiger partial charge in [0.05, 0.1) is 11.7 Å². The van der Waals surface area contributed by atoms with E-state index in [9.17, 15) is 23.1 Å². The highest BCUT2D eigenvalue weighted by atomic mass is 19.4. The summed E-state index contributed by atoms with van der Waals surface area (Å²) in [6, 6.07) is 2.92. The van der Waals surface area contributed by atoms with Crippen molar-refractivity contribution in [3.05, 3.63) is 29.3 Å². The van der Waals surface area contributed by atoms with E-state index in [-0.39, 0.29) is 12.2 Å². The van der Waals surface area contributed by atoms with E-state index in [1.807, 2.05) is 0 Å². The van der Waals surface area contributed by atoms with Crippen LogP contribution < -0.4 is 5.32 Å². The number of alkyl halides is 3. The lowest BCUT2D eigenvalue weighted by molar-refractivity contribution is -0.137. The molecule has 1 heterocycles. The SMILES string of the molecule is Cc1cc(NC(=O)N2CCC[C@@H](O)C2)cc(C(F)(F)F)c1. The third kappa shape index (κ3) is 4.10. The fourth-order valence-corrected chi connectivity index (χ4v) is 2.36. The van der Waals surface area contributed by atoms with Crippen molar-refractivity contribution in [1.82, 2.24) is 4.90 Å². The van der Waals surface area contributed by atoms with Crippen LogP contribution in [0.3, 0.4) is 0 Å². The van der Waals surface area contributed by atoms with E-state index in [1.165, 1.54) is 17.9 Å². The van der Waals surface area contributed by atoms with Crippen LogP contribution in [0, 0.1) is 6.92 Å². The summed E-state index contributed by atoms with van der Waals surface area (Å²) in [5.74, 6) is 0. The zero-order chi connectivity index (χ0) is 15.6. The molecule has 1 aromatic rings. The number of aliphatic hydroxyl groups excluding tert-OH is 1. The number of hydrogen-bond donors (Lipinski definition) is 2. The van der Waals surface area contributed by atoms with E-state index in [2.05, 4.69) is 5.32 Å². The molecule has 0 aromatic heterocycles. The number of hydrogen-bond acceptors (Lipinski definition) is 2.